The van der Waals surface area contributed by atoms with Crippen molar-refractivity contribution >= 4 is 29.5 Å². The van der Waals surface area contributed by atoms with Crippen LogP contribution in [0, 0.1) is 5.92 Å². The molecule has 35 heavy (non-hydrogen) atoms. The Kier molecular flexibility index (Phi) is 7.04. The van der Waals surface area contributed by atoms with E-state index in [4.69, 9.17) is 9.47 Å². The van der Waals surface area contributed by atoms with Crippen molar-refractivity contribution in [3.8, 4) is 5.75 Å². The van der Waals surface area contributed by atoms with E-state index in [1.807, 2.05) is 6.92 Å². The monoisotopic (exact) mass is 479 g/mol. The van der Waals surface area contributed by atoms with Crippen molar-refractivity contribution in [2.45, 2.75) is 44.8 Å². The molecule has 2 aliphatic rings. The highest BCUT2D eigenvalue weighted by Crippen LogP contribution is 2.38. The number of hydrogen-bond acceptors (Lipinski definition) is 6. The van der Waals surface area contributed by atoms with Gasteiger partial charge >= 0.3 is 12.0 Å². The van der Waals surface area contributed by atoms with E-state index in [2.05, 4.69) is 10.6 Å². The van der Waals surface area contributed by atoms with Gasteiger partial charge in [0.2, 0.25) is 0 Å². The minimum absolute atomic E-state index is 0.0224. The summed E-state index contributed by atoms with van der Waals surface area (Å²) in [6.45, 7) is 1.49. The van der Waals surface area contributed by atoms with Crippen molar-refractivity contribution in [2.75, 3.05) is 19.0 Å². The Morgan fingerprint density at radius 1 is 1.09 bits per heavy atom. The second-order valence-corrected chi connectivity index (χ2v) is 8.98. The molecule has 1 spiro atoms. The first kappa shape index (κ1) is 24.3. The highest BCUT2D eigenvalue weighted by Gasteiger charge is 2.55. The number of ether oxygens (including phenoxy) is 2. The molecule has 2 N–H and O–H groups in total. The highest BCUT2D eigenvalue weighted by atomic mass is 16.5. The quantitative estimate of drug-likeness (QED) is 0.464. The van der Waals surface area contributed by atoms with Crippen LogP contribution < -0.4 is 15.4 Å². The zero-order chi connectivity index (χ0) is 25.0. The SMILES string of the molecule is COc1ccc(NC(=O)c2ccc(COC(=O)CN3C(=O)NC4(CCCCC4C)C3=O)cc2)cc1. The number of urea groups is 1. The summed E-state index contributed by atoms with van der Waals surface area (Å²) < 4.78 is 10.4. The van der Waals surface area contributed by atoms with Crippen molar-refractivity contribution in [3.05, 3.63) is 59.7 Å². The maximum absolute atomic E-state index is 13.0. The van der Waals surface area contributed by atoms with E-state index < -0.39 is 24.1 Å². The molecule has 1 aliphatic carbocycles. The third-order valence-corrected chi connectivity index (χ3v) is 6.75. The number of hydrogen-bond donors (Lipinski definition) is 2. The second-order valence-electron chi connectivity index (χ2n) is 8.98. The zero-order valence-electron chi connectivity index (χ0n) is 19.8. The van der Waals surface area contributed by atoms with Crippen LogP contribution in [0.2, 0.25) is 0 Å². The molecule has 0 aromatic heterocycles. The normalized spacial score (nSPS) is 21.5. The first-order chi connectivity index (χ1) is 16.8. The van der Waals surface area contributed by atoms with Crippen LogP contribution in [0.5, 0.6) is 5.75 Å². The summed E-state index contributed by atoms with van der Waals surface area (Å²) in [5.74, 6) is -0.578. The molecule has 0 bridgehead atoms. The fraction of sp³-hybridized carbons (Fsp3) is 0.385. The van der Waals surface area contributed by atoms with Gasteiger partial charge in [-0.25, -0.2) is 4.79 Å². The predicted molar refractivity (Wildman–Crippen MR) is 128 cm³/mol. The number of nitrogens with zero attached hydrogens (tertiary/aromatic N) is 1. The minimum atomic E-state index is -0.905. The summed E-state index contributed by atoms with van der Waals surface area (Å²) in [5, 5.41) is 5.62. The summed E-state index contributed by atoms with van der Waals surface area (Å²) in [6, 6.07) is 13.1. The van der Waals surface area contributed by atoms with Crippen LogP contribution in [0.3, 0.4) is 0 Å². The second kappa shape index (κ2) is 10.2. The van der Waals surface area contributed by atoms with Crippen LogP contribution in [-0.2, 0) is 20.9 Å². The maximum Gasteiger partial charge on any atom is 0.326 e. The van der Waals surface area contributed by atoms with Gasteiger partial charge in [-0.15, -0.1) is 0 Å². The lowest BCUT2D eigenvalue weighted by atomic mass is 9.73. The lowest BCUT2D eigenvalue weighted by molar-refractivity contribution is -0.149. The lowest BCUT2D eigenvalue weighted by Crippen LogP contribution is -2.54. The number of rotatable bonds is 7. The summed E-state index contributed by atoms with van der Waals surface area (Å²) in [6.07, 6.45) is 3.33. The fourth-order valence-corrected chi connectivity index (χ4v) is 4.61. The summed E-state index contributed by atoms with van der Waals surface area (Å²) in [4.78, 5) is 51.2. The third kappa shape index (κ3) is 5.13. The van der Waals surface area contributed by atoms with Gasteiger partial charge in [0.05, 0.1) is 7.11 Å². The minimum Gasteiger partial charge on any atom is -0.497 e. The molecule has 0 radical (unpaired) electrons. The number of carbonyl (C=O) groups excluding carboxylic acids is 4. The van der Waals surface area contributed by atoms with Gasteiger partial charge in [0.25, 0.3) is 11.8 Å². The molecular weight excluding hydrogens is 450 g/mol. The topological polar surface area (TPSA) is 114 Å². The molecule has 9 heteroatoms. The number of benzene rings is 2. The molecule has 2 aromatic carbocycles. The van der Waals surface area contributed by atoms with Crippen LogP contribution in [-0.4, -0.2) is 47.9 Å². The average Bonchev–Trinajstić information content (AvgIpc) is 3.10. The Bertz CT molecular complexity index is 1110. The van der Waals surface area contributed by atoms with Crippen LogP contribution in [0.1, 0.15) is 48.5 Å². The highest BCUT2D eigenvalue weighted by molar-refractivity contribution is 6.09. The molecule has 1 aliphatic heterocycles. The fourth-order valence-electron chi connectivity index (χ4n) is 4.61. The van der Waals surface area contributed by atoms with Gasteiger partial charge in [-0.3, -0.25) is 19.3 Å². The number of anilines is 1. The molecular formula is C26H29N3O6. The van der Waals surface area contributed by atoms with E-state index in [-0.39, 0.29) is 24.3 Å². The summed E-state index contributed by atoms with van der Waals surface area (Å²) in [7, 11) is 1.57. The summed E-state index contributed by atoms with van der Waals surface area (Å²) in [5.41, 5.74) is 0.854. The first-order valence-corrected chi connectivity index (χ1v) is 11.7. The summed E-state index contributed by atoms with van der Waals surface area (Å²) >= 11 is 0. The smallest absolute Gasteiger partial charge is 0.326 e. The molecule has 4 rings (SSSR count). The van der Waals surface area contributed by atoms with Gasteiger partial charge in [-0.2, -0.15) is 0 Å². The van der Waals surface area contributed by atoms with E-state index in [9.17, 15) is 19.2 Å². The predicted octanol–water partition coefficient (Wildman–Crippen LogP) is 3.49. The molecule has 4 amide bonds. The number of esters is 1. The number of amides is 4. The van der Waals surface area contributed by atoms with Gasteiger partial charge in [0.1, 0.15) is 24.4 Å². The number of methoxy groups -OCH3 is 1. The Labute approximate surface area is 203 Å². The standard InChI is InChI=1S/C26H29N3O6/c1-17-5-3-4-14-26(17)24(32)29(25(33)28-26)15-22(30)35-16-18-6-8-19(9-7-18)23(31)27-20-10-12-21(34-2)13-11-20/h6-13,17H,3-5,14-16H2,1-2H3,(H,27,31)(H,28,33). The van der Waals surface area contributed by atoms with E-state index in [1.54, 1.807) is 55.6 Å². The van der Waals surface area contributed by atoms with Gasteiger partial charge in [-0.1, -0.05) is 31.9 Å². The largest absolute Gasteiger partial charge is 0.497 e. The third-order valence-electron chi connectivity index (χ3n) is 6.75. The first-order valence-electron chi connectivity index (χ1n) is 11.7. The zero-order valence-corrected chi connectivity index (χ0v) is 19.8. The van der Waals surface area contributed by atoms with E-state index in [1.165, 1.54) is 0 Å². The van der Waals surface area contributed by atoms with E-state index in [0.717, 1.165) is 24.2 Å². The molecule has 1 saturated heterocycles. The Morgan fingerprint density at radius 3 is 2.46 bits per heavy atom. The molecule has 2 fully saturated rings. The van der Waals surface area contributed by atoms with Crippen molar-refractivity contribution in [1.29, 1.82) is 0 Å². The Balaban J connectivity index is 1.28. The van der Waals surface area contributed by atoms with Crippen molar-refractivity contribution in [1.82, 2.24) is 10.2 Å². The van der Waals surface area contributed by atoms with Crippen LogP contribution in [0.15, 0.2) is 48.5 Å². The average molecular weight is 480 g/mol. The molecule has 2 atom stereocenters. The molecule has 1 heterocycles. The number of imide groups is 1. The van der Waals surface area contributed by atoms with Gasteiger partial charge in [-0.05, 0) is 60.7 Å². The van der Waals surface area contributed by atoms with Crippen LogP contribution in [0.25, 0.3) is 0 Å². The molecule has 2 unspecified atom stereocenters. The van der Waals surface area contributed by atoms with Gasteiger partial charge in [0.15, 0.2) is 0 Å². The van der Waals surface area contributed by atoms with Crippen molar-refractivity contribution < 1.29 is 28.7 Å². The number of carbonyl (C=O) groups is 4. The molecule has 1 saturated carbocycles. The molecule has 2 aromatic rings. The number of nitrogens with one attached hydrogen (secondary N) is 2. The van der Waals surface area contributed by atoms with Gasteiger partial charge in [0, 0.05) is 11.3 Å². The van der Waals surface area contributed by atoms with Crippen molar-refractivity contribution in [2.24, 2.45) is 5.92 Å². The Hall–Kier alpha value is -3.88. The molecule has 9 nitrogen and oxygen atoms in total. The maximum atomic E-state index is 13.0. The Morgan fingerprint density at radius 2 is 1.80 bits per heavy atom. The van der Waals surface area contributed by atoms with Crippen LogP contribution >= 0.6 is 0 Å². The van der Waals surface area contributed by atoms with Crippen LogP contribution in [0.4, 0.5) is 10.5 Å². The molecule has 184 valence electrons. The van der Waals surface area contributed by atoms with Crippen molar-refractivity contribution in [3.63, 3.8) is 0 Å². The lowest BCUT2D eigenvalue weighted by Gasteiger charge is -2.36. The van der Waals surface area contributed by atoms with E-state index >= 15 is 0 Å². The van der Waals surface area contributed by atoms with Gasteiger partial charge < -0.3 is 20.1 Å². The van der Waals surface area contributed by atoms with E-state index in [0.29, 0.717) is 29.0 Å².